The van der Waals surface area contributed by atoms with Crippen LogP contribution in [0, 0.1) is 0 Å². The molecule has 0 aliphatic rings. The summed E-state index contributed by atoms with van der Waals surface area (Å²) in [7, 11) is 0. The molecule has 0 spiro atoms. The fourth-order valence-corrected chi connectivity index (χ4v) is 3.08. The Bertz CT molecular complexity index is 864. The van der Waals surface area contributed by atoms with Crippen molar-refractivity contribution >= 4 is 27.4 Å². The number of nitrogens with two attached hydrogens (primary N) is 1. The molecule has 3 nitrogen and oxygen atoms in total. The smallest absolute Gasteiger partial charge is 0.258 e. The van der Waals surface area contributed by atoms with Gasteiger partial charge in [0.05, 0.1) is 5.52 Å². The van der Waals surface area contributed by atoms with E-state index in [1.54, 1.807) is 0 Å². The summed E-state index contributed by atoms with van der Waals surface area (Å²) in [4.78, 5) is 12.8. The van der Waals surface area contributed by atoms with Gasteiger partial charge in [-0.3, -0.25) is 4.79 Å². The van der Waals surface area contributed by atoms with Gasteiger partial charge in [-0.2, -0.15) is 0 Å². The SMILES string of the molecule is CCCCCCn1c(=O)c2ccccc2c2cc(N)ccc21. The van der Waals surface area contributed by atoms with Crippen molar-refractivity contribution in [1.29, 1.82) is 0 Å². The minimum absolute atomic E-state index is 0.101. The number of nitrogens with zero attached hydrogens (tertiary/aromatic N) is 1. The van der Waals surface area contributed by atoms with Crippen LogP contribution in [0.15, 0.2) is 47.3 Å². The number of fused-ring (bicyclic) bond motifs is 3. The predicted molar refractivity (Wildman–Crippen MR) is 94.3 cm³/mol. The summed E-state index contributed by atoms with van der Waals surface area (Å²) in [5, 5.41) is 2.82. The molecule has 0 saturated heterocycles. The molecule has 0 fully saturated rings. The molecule has 3 rings (SSSR count). The molecule has 0 unspecified atom stereocenters. The summed E-state index contributed by atoms with van der Waals surface area (Å²) in [6, 6.07) is 13.6. The van der Waals surface area contributed by atoms with Crippen molar-refractivity contribution in [1.82, 2.24) is 4.57 Å². The molecule has 0 radical (unpaired) electrons. The van der Waals surface area contributed by atoms with Gasteiger partial charge in [-0.05, 0) is 36.1 Å². The van der Waals surface area contributed by atoms with E-state index in [0.717, 1.165) is 46.7 Å². The Kier molecular flexibility index (Phi) is 4.14. The van der Waals surface area contributed by atoms with Crippen LogP contribution in [0.1, 0.15) is 32.6 Å². The summed E-state index contributed by atoms with van der Waals surface area (Å²) in [6.45, 7) is 2.96. The van der Waals surface area contributed by atoms with E-state index in [4.69, 9.17) is 5.73 Å². The number of pyridine rings is 1. The Hall–Kier alpha value is -2.29. The number of anilines is 1. The molecule has 0 atom stereocenters. The number of rotatable bonds is 5. The molecular formula is C19H22N2O. The predicted octanol–water partition coefficient (Wildman–Crippen LogP) is 4.32. The molecule has 114 valence electrons. The fourth-order valence-electron chi connectivity index (χ4n) is 3.08. The standard InChI is InChI=1S/C19H22N2O/c1-2-3-4-7-12-21-18-11-10-14(20)13-17(18)15-8-5-6-9-16(15)19(21)22/h5-6,8-11,13H,2-4,7,12,20H2,1H3. The van der Waals surface area contributed by atoms with Crippen LogP contribution in [0.5, 0.6) is 0 Å². The molecule has 1 aromatic heterocycles. The van der Waals surface area contributed by atoms with Crippen molar-refractivity contribution in [2.24, 2.45) is 0 Å². The van der Waals surface area contributed by atoms with E-state index in [0.29, 0.717) is 0 Å². The Labute approximate surface area is 130 Å². The van der Waals surface area contributed by atoms with Gasteiger partial charge in [0.2, 0.25) is 0 Å². The first-order valence-corrected chi connectivity index (χ1v) is 8.03. The second-order valence-electron chi connectivity index (χ2n) is 5.84. The van der Waals surface area contributed by atoms with E-state index < -0.39 is 0 Å². The van der Waals surface area contributed by atoms with Crippen LogP contribution in [-0.4, -0.2) is 4.57 Å². The van der Waals surface area contributed by atoms with Gasteiger partial charge in [0, 0.05) is 23.0 Å². The van der Waals surface area contributed by atoms with Gasteiger partial charge in [-0.1, -0.05) is 44.4 Å². The number of aryl methyl sites for hydroxylation is 1. The number of benzene rings is 2. The second kappa shape index (κ2) is 6.22. The van der Waals surface area contributed by atoms with Crippen molar-refractivity contribution in [3.05, 3.63) is 52.8 Å². The third-order valence-electron chi connectivity index (χ3n) is 4.24. The monoisotopic (exact) mass is 294 g/mol. The number of hydrogen-bond acceptors (Lipinski definition) is 2. The van der Waals surface area contributed by atoms with E-state index in [1.807, 2.05) is 47.0 Å². The average Bonchev–Trinajstić information content (AvgIpc) is 2.54. The van der Waals surface area contributed by atoms with Crippen molar-refractivity contribution in [3.63, 3.8) is 0 Å². The van der Waals surface area contributed by atoms with Gasteiger partial charge in [0.15, 0.2) is 0 Å². The maximum absolute atomic E-state index is 12.8. The minimum Gasteiger partial charge on any atom is -0.399 e. The largest absolute Gasteiger partial charge is 0.399 e. The van der Waals surface area contributed by atoms with Crippen LogP contribution in [0.2, 0.25) is 0 Å². The first-order valence-electron chi connectivity index (χ1n) is 8.03. The van der Waals surface area contributed by atoms with Crippen LogP contribution in [0.3, 0.4) is 0 Å². The molecule has 3 aromatic rings. The van der Waals surface area contributed by atoms with Gasteiger partial charge in [-0.25, -0.2) is 0 Å². The molecule has 0 bridgehead atoms. The Morgan fingerprint density at radius 2 is 1.73 bits per heavy atom. The highest BCUT2D eigenvalue weighted by molar-refractivity contribution is 6.06. The van der Waals surface area contributed by atoms with E-state index in [-0.39, 0.29) is 5.56 Å². The zero-order chi connectivity index (χ0) is 15.5. The van der Waals surface area contributed by atoms with E-state index >= 15 is 0 Å². The molecule has 2 N–H and O–H groups in total. The first-order chi connectivity index (χ1) is 10.7. The molecule has 0 aliphatic heterocycles. The van der Waals surface area contributed by atoms with Gasteiger partial charge >= 0.3 is 0 Å². The summed E-state index contributed by atoms with van der Waals surface area (Å²) in [6.07, 6.45) is 4.61. The summed E-state index contributed by atoms with van der Waals surface area (Å²) < 4.78 is 1.91. The molecule has 0 amide bonds. The third kappa shape index (κ3) is 2.59. The summed E-state index contributed by atoms with van der Waals surface area (Å²) in [5.74, 6) is 0. The lowest BCUT2D eigenvalue weighted by Gasteiger charge is -2.13. The zero-order valence-electron chi connectivity index (χ0n) is 13.0. The normalized spacial score (nSPS) is 11.3. The van der Waals surface area contributed by atoms with E-state index in [2.05, 4.69) is 6.92 Å². The van der Waals surface area contributed by atoms with Crippen LogP contribution >= 0.6 is 0 Å². The molecule has 22 heavy (non-hydrogen) atoms. The summed E-state index contributed by atoms with van der Waals surface area (Å²) in [5.41, 5.74) is 7.77. The first kappa shape index (κ1) is 14.6. The highest BCUT2D eigenvalue weighted by Gasteiger charge is 2.10. The zero-order valence-corrected chi connectivity index (χ0v) is 13.0. The van der Waals surface area contributed by atoms with E-state index in [1.165, 1.54) is 12.8 Å². The maximum Gasteiger partial charge on any atom is 0.258 e. The molecule has 0 saturated carbocycles. The maximum atomic E-state index is 12.8. The minimum atomic E-state index is 0.101. The lowest BCUT2D eigenvalue weighted by Crippen LogP contribution is -2.21. The summed E-state index contributed by atoms with van der Waals surface area (Å²) >= 11 is 0. The number of nitrogen functional groups attached to an aromatic ring is 1. The highest BCUT2D eigenvalue weighted by Crippen LogP contribution is 2.25. The van der Waals surface area contributed by atoms with Gasteiger partial charge in [-0.15, -0.1) is 0 Å². The molecule has 0 aliphatic carbocycles. The number of aromatic nitrogens is 1. The highest BCUT2D eigenvalue weighted by atomic mass is 16.1. The van der Waals surface area contributed by atoms with Crippen LogP contribution in [0.4, 0.5) is 5.69 Å². The number of unbranched alkanes of at least 4 members (excludes halogenated alkanes) is 3. The van der Waals surface area contributed by atoms with Crippen molar-refractivity contribution in [2.45, 2.75) is 39.2 Å². The second-order valence-corrected chi connectivity index (χ2v) is 5.84. The number of hydrogen-bond donors (Lipinski definition) is 1. The average molecular weight is 294 g/mol. The topological polar surface area (TPSA) is 48.0 Å². The lowest BCUT2D eigenvalue weighted by atomic mass is 10.1. The van der Waals surface area contributed by atoms with Gasteiger partial charge in [0.25, 0.3) is 5.56 Å². The van der Waals surface area contributed by atoms with Crippen LogP contribution < -0.4 is 11.3 Å². The quantitative estimate of drug-likeness (QED) is 0.433. The molecule has 1 heterocycles. The Balaban J connectivity index is 2.20. The van der Waals surface area contributed by atoms with Gasteiger partial charge in [0.1, 0.15) is 0 Å². The molecule has 2 aromatic carbocycles. The van der Waals surface area contributed by atoms with Crippen LogP contribution in [-0.2, 0) is 6.54 Å². The van der Waals surface area contributed by atoms with Crippen LogP contribution in [0.25, 0.3) is 21.7 Å². The Morgan fingerprint density at radius 3 is 2.50 bits per heavy atom. The van der Waals surface area contributed by atoms with Crippen molar-refractivity contribution < 1.29 is 0 Å². The van der Waals surface area contributed by atoms with Gasteiger partial charge < -0.3 is 10.3 Å². The van der Waals surface area contributed by atoms with E-state index in [9.17, 15) is 4.79 Å². The fraction of sp³-hybridized carbons (Fsp3) is 0.316. The molecular weight excluding hydrogens is 272 g/mol. The third-order valence-corrected chi connectivity index (χ3v) is 4.24. The van der Waals surface area contributed by atoms with Crippen molar-refractivity contribution in [3.8, 4) is 0 Å². The van der Waals surface area contributed by atoms with Crippen molar-refractivity contribution in [2.75, 3.05) is 5.73 Å². The molecule has 3 heteroatoms. The lowest BCUT2D eigenvalue weighted by molar-refractivity contribution is 0.584. The Morgan fingerprint density at radius 1 is 0.955 bits per heavy atom.